The molecule has 13 aliphatic rings. The summed E-state index contributed by atoms with van der Waals surface area (Å²) in [7, 11) is 0. The molecule has 144 heavy (non-hydrogen) atoms. The van der Waals surface area contributed by atoms with E-state index in [1.807, 2.05) is 18.2 Å². The first-order valence-electron chi connectivity index (χ1n) is 47.9. The van der Waals surface area contributed by atoms with Gasteiger partial charge in [0.25, 0.3) is 29.5 Å². The van der Waals surface area contributed by atoms with Crippen molar-refractivity contribution < 1.29 is 71.9 Å². The molecule has 5 saturated carbocycles. The summed E-state index contributed by atoms with van der Waals surface area (Å²) in [6, 6.07) is 61.4. The van der Waals surface area contributed by atoms with Gasteiger partial charge in [0.2, 0.25) is 59.1 Å². The highest BCUT2D eigenvalue weighted by Crippen LogP contribution is 2.56. The maximum absolute atomic E-state index is 13.3. The highest BCUT2D eigenvalue weighted by molar-refractivity contribution is 6.39. The summed E-state index contributed by atoms with van der Waals surface area (Å²) >= 11 is 25.6. The van der Waals surface area contributed by atoms with Crippen LogP contribution in [0, 0.1) is 88.8 Å². The number of amides is 15. The van der Waals surface area contributed by atoms with Gasteiger partial charge in [-0.1, -0.05) is 151 Å². The predicted octanol–water partition coefficient (Wildman–Crippen LogP) is 19.0. The number of carbonyl (C=O) groups is 15. The van der Waals surface area contributed by atoms with Crippen LogP contribution in [0.25, 0.3) is 0 Å². The number of hydrogen-bond donors (Lipinski definition) is 5. The minimum absolute atomic E-state index is 0.0952. The summed E-state index contributed by atoms with van der Waals surface area (Å²) < 4.78 is 0. The van der Waals surface area contributed by atoms with Gasteiger partial charge in [0.1, 0.15) is 28.5 Å². The topological polar surface area (TPSA) is 397 Å². The van der Waals surface area contributed by atoms with Gasteiger partial charge >= 0.3 is 0 Å². The summed E-state index contributed by atoms with van der Waals surface area (Å²) in [5.41, 5.74) is 7.11. The predicted molar refractivity (Wildman–Crippen MR) is 541 cm³/mol. The first kappa shape index (κ1) is 97.6. The second-order valence-electron chi connectivity index (χ2n) is 37.7. The van der Waals surface area contributed by atoms with Crippen LogP contribution in [-0.2, 0) is 47.9 Å². The van der Waals surface area contributed by atoms with Crippen molar-refractivity contribution in [2.75, 3.05) is 51.1 Å². The summed E-state index contributed by atoms with van der Waals surface area (Å²) in [5.74, 6) is -4.71. The Bertz CT molecular complexity index is 6930. The summed E-state index contributed by atoms with van der Waals surface area (Å²) in [4.78, 5) is 217. The zero-order valence-electron chi connectivity index (χ0n) is 77.5. The van der Waals surface area contributed by atoms with Crippen LogP contribution in [0.4, 0.5) is 56.9 Å². The number of pyridine rings is 5. The summed E-state index contributed by atoms with van der Waals surface area (Å²) in [6.45, 7) is 2.13. The van der Waals surface area contributed by atoms with E-state index in [1.165, 1.54) is 54.9 Å². The molecule has 10 heterocycles. The lowest BCUT2D eigenvalue weighted by molar-refractivity contribution is -0.124. The molecule has 0 spiro atoms. The van der Waals surface area contributed by atoms with Crippen molar-refractivity contribution in [2.45, 2.75) is 96.3 Å². The van der Waals surface area contributed by atoms with Crippen molar-refractivity contribution >= 4 is 192 Å². The van der Waals surface area contributed by atoms with E-state index in [-0.39, 0.29) is 220 Å². The minimum Gasteiger partial charge on any atom is -0.321 e. The molecule has 8 aliphatic carbocycles. The van der Waals surface area contributed by atoms with Crippen molar-refractivity contribution in [1.29, 1.82) is 0 Å². The third-order valence-corrected chi connectivity index (χ3v) is 30.3. The number of anilines is 10. The number of benzene rings is 6. The highest BCUT2D eigenvalue weighted by Gasteiger charge is 2.61. The van der Waals surface area contributed by atoms with Gasteiger partial charge in [-0.15, -0.1) is 0 Å². The SMILES string of the molecule is CC1CCC2C(=O)N(c3ccc(NC(=O)c4ccccn4)cc3)C(=O)C2C1.O=C(Nc1ccc(N2C(=O)C3C4C=CC(C4)C3C2=O)c(Cl)c1)c1ccccn1.O=C(Nc1ccc(N2C(=O)C3C4C=CC(CC4)C3C2=O)c(Cl)c1)c1ccccn1.O=C(Nc1ccc(N2C(=O)C3CCC(c4ccccc4)CC3C2=O)c(Cl)c1)c1ccccn1.O=C(Nc1ccc(N2C(=O)C3CCCCC3C2=O)c(Cl)c1)c1ccccn1. The number of fused-ring (bicyclic) bond motifs is 9. The Morgan fingerprint density at radius 3 is 0.896 bits per heavy atom. The number of halogens is 4. The van der Waals surface area contributed by atoms with E-state index < -0.39 is 0 Å². The van der Waals surface area contributed by atoms with Gasteiger partial charge in [-0.3, -0.25) is 102 Å². The van der Waals surface area contributed by atoms with E-state index in [0.29, 0.717) is 81.3 Å². The van der Waals surface area contributed by atoms with Crippen molar-refractivity contribution in [3.63, 3.8) is 0 Å². The largest absolute Gasteiger partial charge is 0.321 e. The lowest BCUT2D eigenvalue weighted by atomic mass is 9.63. The molecule has 5 aliphatic heterocycles. The lowest BCUT2D eigenvalue weighted by Gasteiger charge is -2.38. The highest BCUT2D eigenvalue weighted by atomic mass is 35.5. The maximum Gasteiger partial charge on any atom is 0.274 e. The van der Waals surface area contributed by atoms with E-state index >= 15 is 0 Å². The molecule has 15 amide bonds. The van der Waals surface area contributed by atoms with E-state index in [1.54, 1.807) is 194 Å². The molecular formula is C110H95Cl4N15O15. The van der Waals surface area contributed by atoms with Crippen LogP contribution in [0.1, 0.15) is 154 Å². The van der Waals surface area contributed by atoms with Crippen molar-refractivity contribution in [3.8, 4) is 0 Å². The van der Waals surface area contributed by atoms with Crippen LogP contribution in [0.2, 0.25) is 20.1 Å². The standard InChI is InChI=1S/C26H22ClN3O3.C22H18ClN3O3.C21H16ClN3O3.C21H21N3O3.C20H18ClN3O3/c27-21-15-18(29-24(31)22-8-4-5-13-28-22)10-12-23(21)30-25(32)19-11-9-17(14-20(19)26(30)33)16-6-2-1-3-7-16;23-15-11-14(25-20(27)16-3-1-2-10-24-16)8-9-17(15)26-21(28)18-12-4-5-13(7-6-12)19(18)22(26)29;22-14-10-13(24-19(26)15-3-1-2-8-23-15)6-7-16(14)25-20(27)17-11-4-5-12(9-11)18(17)21(25)28;1-13-5-10-16-17(12-13)21(27)24(20(16)26)15-8-6-14(7-9-15)23-19(25)18-4-2-3-11-22-18;21-15-11-12(23-18(25)16-7-3-4-10-22-16)8-9-17(15)24-19(26)13-5-1-2-6-14(13)20(24)27/h1-8,10,12-13,15,17,19-20H,9,11,14H2,(H,29,31);1-5,8-13,18-19H,6-7H2,(H,25,27);1-8,10-12,17-18H,9H2,(H,24,26);2-4,6-9,11,13,16-17H,5,10,12H2,1H3,(H,23,25);3-4,7-11,13-14H,1-2,5-6H2,(H,23,25). The zero-order chi connectivity index (χ0) is 100. The van der Waals surface area contributed by atoms with Gasteiger partial charge in [0, 0.05) is 59.4 Å². The van der Waals surface area contributed by atoms with Crippen molar-refractivity contribution in [1.82, 2.24) is 24.9 Å². The number of imide groups is 5. The number of carbonyl (C=O) groups excluding carboxylic acids is 15. The molecule has 30 nitrogen and oxygen atoms in total. The smallest absolute Gasteiger partial charge is 0.274 e. The van der Waals surface area contributed by atoms with Gasteiger partial charge < -0.3 is 26.6 Å². The molecule has 4 bridgehead atoms. The fourth-order valence-electron chi connectivity index (χ4n) is 22.2. The molecule has 16 atom stereocenters. The van der Waals surface area contributed by atoms with Gasteiger partial charge in [0.15, 0.2) is 0 Å². The normalized spacial score (nSPS) is 24.6. The lowest BCUT2D eigenvalue weighted by Crippen LogP contribution is -2.38. The van der Waals surface area contributed by atoms with Crippen LogP contribution in [0.5, 0.6) is 0 Å². The molecule has 11 aromatic rings. The van der Waals surface area contributed by atoms with E-state index in [0.717, 1.165) is 70.6 Å². The molecule has 0 radical (unpaired) electrons. The van der Waals surface area contributed by atoms with Crippen molar-refractivity contribution in [3.05, 3.63) is 328 Å². The Labute approximate surface area is 847 Å². The zero-order valence-corrected chi connectivity index (χ0v) is 80.5. The molecule has 5 aromatic heterocycles. The molecule has 24 rings (SSSR count). The summed E-state index contributed by atoms with van der Waals surface area (Å²) in [5, 5.41) is 14.6. The summed E-state index contributed by atoms with van der Waals surface area (Å²) in [6.07, 6.45) is 27.0. The quantitative estimate of drug-likeness (QED) is 0.0443. The van der Waals surface area contributed by atoms with Crippen LogP contribution in [-0.4, -0.2) is 114 Å². The number of hydrogen-bond acceptors (Lipinski definition) is 20. The average Bonchev–Trinajstić information content (AvgIpc) is 1.55. The van der Waals surface area contributed by atoms with Gasteiger partial charge in [-0.25, -0.2) is 19.6 Å². The third kappa shape index (κ3) is 19.7. The molecule has 5 N–H and O–H groups in total. The van der Waals surface area contributed by atoms with Crippen LogP contribution in [0.3, 0.4) is 0 Å². The Hall–Kier alpha value is -15.2. The van der Waals surface area contributed by atoms with Crippen LogP contribution < -0.4 is 51.1 Å². The number of aromatic nitrogens is 5. The van der Waals surface area contributed by atoms with Crippen molar-refractivity contribution in [2.24, 2.45) is 88.8 Å². The van der Waals surface area contributed by atoms with E-state index in [4.69, 9.17) is 46.4 Å². The number of nitrogens with zero attached hydrogens (tertiary/aromatic N) is 10. The molecule has 34 heteroatoms. The minimum atomic E-state index is -0.370. The molecule has 16 unspecified atom stereocenters. The first-order valence-corrected chi connectivity index (χ1v) is 49.4. The molecule has 10 fully saturated rings. The Balaban J connectivity index is 0.000000114. The molecule has 728 valence electrons. The number of rotatable bonds is 16. The first-order chi connectivity index (χ1) is 69.7. The Morgan fingerprint density at radius 1 is 0.271 bits per heavy atom. The van der Waals surface area contributed by atoms with E-state index in [2.05, 4.69) is 94.9 Å². The van der Waals surface area contributed by atoms with E-state index in [9.17, 15) is 71.9 Å². The number of nitrogens with one attached hydrogen (secondary N) is 5. The van der Waals surface area contributed by atoms with Crippen LogP contribution >= 0.6 is 46.4 Å². The fourth-order valence-corrected chi connectivity index (χ4v) is 23.2. The molecule has 6 aromatic carbocycles. The second-order valence-corrected chi connectivity index (χ2v) is 39.3. The monoisotopic (exact) mass is 2010 g/mol. The molecule has 5 saturated heterocycles. The Kier molecular flexibility index (Phi) is 28.5. The second kappa shape index (κ2) is 42.1. The molecular weight excluding hydrogens is 1910 g/mol. The van der Waals surface area contributed by atoms with Gasteiger partial charge in [0.05, 0.1) is 108 Å². The van der Waals surface area contributed by atoms with Crippen LogP contribution in [0.15, 0.2) is 274 Å². The van der Waals surface area contributed by atoms with Gasteiger partial charge in [-0.05, 0) is 269 Å². The fraction of sp³-hybridized carbons (Fsp3) is 0.273. The third-order valence-electron chi connectivity index (χ3n) is 29.1. The van der Waals surface area contributed by atoms with Gasteiger partial charge in [-0.2, -0.15) is 0 Å². The average molecular weight is 2010 g/mol. The number of allylic oxidation sites excluding steroid dienone is 4. The Morgan fingerprint density at radius 2 is 0.556 bits per heavy atom. The maximum atomic E-state index is 13.3.